The summed E-state index contributed by atoms with van der Waals surface area (Å²) in [5.41, 5.74) is 1.23. The van der Waals surface area contributed by atoms with Crippen LogP contribution in [-0.4, -0.2) is 97.1 Å². The third-order valence-corrected chi connectivity index (χ3v) is 12.8. The van der Waals surface area contributed by atoms with E-state index in [1.165, 1.54) is 36.2 Å². The molecule has 0 bridgehead atoms. The molecule has 67 heavy (non-hydrogen) atoms. The Bertz CT molecular complexity index is 2150. The molecule has 3 aromatic rings. The van der Waals surface area contributed by atoms with Crippen molar-refractivity contribution in [3.05, 3.63) is 89.5 Å². The Morgan fingerprint density at radius 2 is 0.940 bits per heavy atom. The van der Waals surface area contributed by atoms with Crippen molar-refractivity contribution in [2.24, 2.45) is 10.8 Å². The summed E-state index contributed by atoms with van der Waals surface area (Å²) in [5.74, 6) is -1.49. The monoisotopic (exact) mass is 933 g/mol. The summed E-state index contributed by atoms with van der Waals surface area (Å²) in [7, 11) is 2.43. The number of nitrogens with zero attached hydrogens (tertiary/aromatic N) is 3. The molecule has 3 saturated heterocycles. The summed E-state index contributed by atoms with van der Waals surface area (Å²) in [5, 5.41) is 11.1. The van der Waals surface area contributed by atoms with Gasteiger partial charge < -0.3 is 45.4 Å². The second-order valence-electron chi connectivity index (χ2n) is 19.5. The zero-order valence-corrected chi connectivity index (χ0v) is 39.3. The van der Waals surface area contributed by atoms with Crippen molar-refractivity contribution in [2.75, 3.05) is 42.8 Å². The minimum atomic E-state index is -4.52. The number of hydrogen-bond acceptors (Lipinski definition) is 9. The topological polar surface area (TPSA) is 179 Å². The van der Waals surface area contributed by atoms with Crippen LogP contribution in [0.4, 0.5) is 39.8 Å². The molecule has 0 aromatic heterocycles. The molecule has 3 aliphatic heterocycles. The van der Waals surface area contributed by atoms with Crippen LogP contribution in [-0.2, 0) is 34.8 Å². The highest BCUT2D eigenvalue weighted by molar-refractivity contribution is 6.00. The molecule has 18 heteroatoms. The number of anilines is 3. The molecule has 362 valence electrons. The number of rotatable bonds is 11. The molecule has 6 rings (SSSR count). The van der Waals surface area contributed by atoms with Crippen molar-refractivity contribution in [1.82, 2.24) is 20.4 Å². The first-order chi connectivity index (χ1) is 31.5. The molecular weight excluding hydrogens is 872 g/mol. The molecule has 3 aliphatic rings. The number of nitrogens with one attached hydrogen (secondary N) is 4. The summed E-state index contributed by atoms with van der Waals surface area (Å²) < 4.78 is 50.6. The van der Waals surface area contributed by atoms with Crippen LogP contribution in [0.3, 0.4) is 0 Å². The van der Waals surface area contributed by atoms with Gasteiger partial charge in [-0.05, 0) is 109 Å². The van der Waals surface area contributed by atoms with Crippen molar-refractivity contribution >= 4 is 52.9 Å². The van der Waals surface area contributed by atoms with E-state index in [1.54, 1.807) is 24.3 Å². The van der Waals surface area contributed by atoms with Crippen molar-refractivity contribution < 1.29 is 51.4 Å². The quantitative estimate of drug-likeness (QED) is 0.148. The van der Waals surface area contributed by atoms with Gasteiger partial charge in [-0.3, -0.25) is 19.2 Å². The molecule has 0 aliphatic carbocycles. The van der Waals surface area contributed by atoms with Crippen LogP contribution >= 0.6 is 0 Å². The maximum Gasteiger partial charge on any atom is 0.416 e. The largest absolute Gasteiger partial charge is 0.453 e. The number of alkyl carbamates (subject to hydrolysis) is 2. The molecule has 0 unspecified atom stereocenters. The van der Waals surface area contributed by atoms with Crippen molar-refractivity contribution in [1.29, 1.82) is 0 Å². The van der Waals surface area contributed by atoms with E-state index in [0.29, 0.717) is 68.7 Å². The van der Waals surface area contributed by atoms with Crippen molar-refractivity contribution in [3.8, 4) is 0 Å². The Kier molecular flexibility index (Phi) is 15.2. The van der Waals surface area contributed by atoms with Gasteiger partial charge in [0.15, 0.2) is 0 Å². The van der Waals surface area contributed by atoms with Crippen LogP contribution in [0.2, 0.25) is 0 Å². The van der Waals surface area contributed by atoms with E-state index in [0.717, 1.165) is 23.3 Å². The number of benzene rings is 3. The number of likely N-dealkylation sites (tertiary alicyclic amines) is 2. The van der Waals surface area contributed by atoms with E-state index in [9.17, 15) is 41.9 Å². The highest BCUT2D eigenvalue weighted by Crippen LogP contribution is 2.48. The van der Waals surface area contributed by atoms with Gasteiger partial charge in [-0.25, -0.2) is 9.59 Å². The average molecular weight is 934 g/mol. The molecule has 0 spiro atoms. The van der Waals surface area contributed by atoms with Gasteiger partial charge in [0.2, 0.25) is 23.6 Å². The first-order valence-corrected chi connectivity index (χ1v) is 22.6. The Morgan fingerprint density at radius 1 is 0.567 bits per heavy atom. The molecule has 0 radical (unpaired) electrons. The third-order valence-electron chi connectivity index (χ3n) is 12.8. The number of amides is 6. The number of ether oxygens (including phenoxy) is 2. The van der Waals surface area contributed by atoms with Gasteiger partial charge in [0.1, 0.15) is 24.2 Å². The second kappa shape index (κ2) is 20.3. The summed E-state index contributed by atoms with van der Waals surface area (Å²) >= 11 is 0. The van der Waals surface area contributed by atoms with Crippen LogP contribution in [0, 0.1) is 10.8 Å². The van der Waals surface area contributed by atoms with E-state index in [-0.39, 0.29) is 35.7 Å². The fraction of sp³-hybridized carbons (Fsp3) is 0.510. The lowest BCUT2D eigenvalue weighted by Gasteiger charge is -2.35. The lowest BCUT2D eigenvalue weighted by Crippen LogP contribution is -2.57. The zero-order chi connectivity index (χ0) is 49.0. The van der Waals surface area contributed by atoms with Gasteiger partial charge in [-0.1, -0.05) is 65.8 Å². The van der Waals surface area contributed by atoms with E-state index < -0.39 is 58.9 Å². The summed E-state index contributed by atoms with van der Waals surface area (Å²) in [6.07, 6.45) is -2.61. The fourth-order valence-corrected chi connectivity index (χ4v) is 9.27. The minimum absolute atomic E-state index is 0.262. The van der Waals surface area contributed by atoms with Crippen LogP contribution < -0.4 is 26.2 Å². The molecule has 6 atom stereocenters. The van der Waals surface area contributed by atoms with E-state index in [1.807, 2.05) is 65.8 Å². The van der Waals surface area contributed by atoms with Crippen molar-refractivity contribution in [3.63, 3.8) is 0 Å². The Labute approximate surface area is 389 Å². The number of methoxy groups -OCH3 is 2. The van der Waals surface area contributed by atoms with Crippen LogP contribution in [0.1, 0.15) is 109 Å². The van der Waals surface area contributed by atoms with Gasteiger partial charge in [0.25, 0.3) is 0 Å². The van der Waals surface area contributed by atoms with Crippen LogP contribution in [0.25, 0.3) is 0 Å². The van der Waals surface area contributed by atoms with Gasteiger partial charge in [0, 0.05) is 30.2 Å². The summed E-state index contributed by atoms with van der Waals surface area (Å²) in [6, 6.07) is 15.7. The predicted octanol–water partition coefficient (Wildman–Crippen LogP) is 8.19. The molecular formula is C49H62F3N7O8. The number of carbonyl (C=O) groups excluding carboxylic acids is 6. The first-order valence-electron chi connectivity index (χ1n) is 22.6. The highest BCUT2D eigenvalue weighted by atomic mass is 19.4. The van der Waals surface area contributed by atoms with Gasteiger partial charge >= 0.3 is 18.4 Å². The molecule has 3 fully saturated rings. The van der Waals surface area contributed by atoms with E-state index in [4.69, 9.17) is 9.47 Å². The van der Waals surface area contributed by atoms with E-state index >= 15 is 0 Å². The molecule has 3 aromatic carbocycles. The van der Waals surface area contributed by atoms with Crippen molar-refractivity contribution in [2.45, 2.75) is 122 Å². The maximum absolute atomic E-state index is 13.7. The first kappa shape index (κ1) is 50.1. The lowest BCUT2D eigenvalue weighted by molar-refractivity contribution is -0.140. The lowest BCUT2D eigenvalue weighted by atomic mass is 9.85. The number of halogens is 3. The fourth-order valence-electron chi connectivity index (χ4n) is 9.27. The van der Waals surface area contributed by atoms with Gasteiger partial charge in [0.05, 0.1) is 31.9 Å². The molecule has 0 saturated carbocycles. The smallest absolute Gasteiger partial charge is 0.416 e. The van der Waals surface area contributed by atoms with Crippen LogP contribution in [0.5, 0.6) is 0 Å². The Balaban J connectivity index is 1.18. The molecule has 6 amide bonds. The number of carbonyl (C=O) groups is 6. The molecule has 15 nitrogen and oxygen atoms in total. The standard InChI is InChI=1S/C49H62F3N7O8/c1-47(2,3)39(55-45(64)66-7)43(62)57-27-9-11-37(57)41(60)53-32-19-13-29(14-20-32)35-25-26-36(59(35)34-23-17-31(18-24-34)49(50,51)52)30-15-21-33(22-16-30)54-42(61)38-12-10-28-58(38)44(63)40(48(4,5)6)56-46(65)67-8/h13-24,35-40H,9-12,25-28H2,1-8H3,(H,53,60)(H,54,61)(H,55,64)(H,56,65)/t35-,36-,37+,38+,39-,40-/m1/s1. The van der Waals surface area contributed by atoms with Gasteiger partial charge in [-0.15, -0.1) is 0 Å². The average Bonchev–Trinajstić information content (AvgIpc) is 4.07. The van der Waals surface area contributed by atoms with E-state index in [2.05, 4.69) is 26.2 Å². The van der Waals surface area contributed by atoms with Crippen LogP contribution in [0.15, 0.2) is 72.8 Å². The third kappa shape index (κ3) is 11.6. The maximum atomic E-state index is 13.7. The minimum Gasteiger partial charge on any atom is -0.453 e. The SMILES string of the molecule is COC(=O)N[C@H](C(=O)N1CCC[C@H]1C(=O)Nc1ccc([C@H]2CC[C@H](c3ccc(NC(=O)[C@@H]4CCCN4C(=O)[C@@H](NC(=O)OC)C(C)(C)C)cc3)N2c2ccc(C(F)(F)F)cc2)cc1)C(C)(C)C. The highest BCUT2D eigenvalue weighted by Gasteiger charge is 2.44. The summed E-state index contributed by atoms with van der Waals surface area (Å²) in [4.78, 5) is 84.2. The summed E-state index contributed by atoms with van der Waals surface area (Å²) in [6.45, 7) is 11.6. The molecule has 3 heterocycles. The predicted molar refractivity (Wildman–Crippen MR) is 246 cm³/mol. The Morgan fingerprint density at radius 3 is 1.27 bits per heavy atom. The Hall–Kier alpha value is -6.33. The zero-order valence-electron chi connectivity index (χ0n) is 39.3. The second-order valence-corrected chi connectivity index (χ2v) is 19.5. The number of alkyl halides is 3. The number of hydrogen-bond donors (Lipinski definition) is 4. The molecule has 4 N–H and O–H groups in total. The normalized spacial score (nSPS) is 20.7. The van der Waals surface area contributed by atoms with Gasteiger partial charge in [-0.2, -0.15) is 13.2 Å².